The van der Waals surface area contributed by atoms with Crippen molar-refractivity contribution in [3.05, 3.63) is 36.7 Å². The summed E-state index contributed by atoms with van der Waals surface area (Å²) in [6.07, 6.45) is 18.7. The van der Waals surface area contributed by atoms with Crippen molar-refractivity contribution in [1.82, 2.24) is 9.97 Å². The van der Waals surface area contributed by atoms with Gasteiger partial charge in [-0.2, -0.15) is 0 Å². The van der Waals surface area contributed by atoms with Gasteiger partial charge in [-0.3, -0.25) is 0 Å². The Bertz CT molecular complexity index is 993. The lowest BCUT2D eigenvalue weighted by Crippen LogP contribution is -2.49. The number of unbranched alkanes of at least 4 members (excludes halogenated alkanes) is 10. The number of hydrogen-bond acceptors (Lipinski definition) is 6. The van der Waals surface area contributed by atoms with Gasteiger partial charge in [0, 0.05) is 23.9 Å². The Labute approximate surface area is 224 Å². The Morgan fingerprint density at radius 1 is 0.757 bits per heavy atom. The Hall–Kier alpha value is -2.15. The predicted molar refractivity (Wildman–Crippen MR) is 151 cm³/mol. The largest absolute Gasteiger partial charge is 0.493 e. The van der Waals surface area contributed by atoms with Crippen LogP contribution < -0.4 is 9.47 Å². The minimum Gasteiger partial charge on any atom is -0.493 e. The summed E-state index contributed by atoms with van der Waals surface area (Å²) in [6.45, 7) is 5.54. The molecule has 1 aliphatic heterocycles. The molecule has 2 aromatic rings. The van der Waals surface area contributed by atoms with Crippen molar-refractivity contribution < 1.29 is 17.9 Å². The molecule has 1 aromatic carbocycles. The third kappa shape index (κ3) is 9.91. The highest BCUT2D eigenvalue weighted by Crippen LogP contribution is 2.33. The summed E-state index contributed by atoms with van der Waals surface area (Å²) in [6, 6.07) is 8.23. The van der Waals surface area contributed by atoms with Gasteiger partial charge >= 0.3 is 6.01 Å². The van der Waals surface area contributed by atoms with Crippen molar-refractivity contribution in [2.24, 2.45) is 5.92 Å². The predicted octanol–water partition coefficient (Wildman–Crippen LogP) is 7.43. The SMILES string of the molecule is CCCCCCCCOc1ncc(-c2ccc(OC[C@@H]3CS(=O)(=O)[C@@H]3CCCCCCCC)cc2)cn1. The Kier molecular flexibility index (Phi) is 12.7. The average Bonchev–Trinajstić information content (AvgIpc) is 2.90. The minimum atomic E-state index is -2.94. The lowest BCUT2D eigenvalue weighted by Gasteiger charge is -2.36. The van der Waals surface area contributed by atoms with Gasteiger partial charge in [0.25, 0.3) is 0 Å². The van der Waals surface area contributed by atoms with E-state index in [2.05, 4.69) is 23.8 Å². The molecule has 0 unspecified atom stereocenters. The highest BCUT2D eigenvalue weighted by atomic mass is 32.2. The van der Waals surface area contributed by atoms with Crippen LogP contribution in [0.3, 0.4) is 0 Å². The number of benzene rings is 1. The van der Waals surface area contributed by atoms with E-state index in [9.17, 15) is 8.42 Å². The average molecular weight is 531 g/mol. The molecule has 2 atom stereocenters. The second kappa shape index (κ2) is 16.0. The van der Waals surface area contributed by atoms with Gasteiger partial charge in [0.1, 0.15) is 5.75 Å². The Morgan fingerprint density at radius 2 is 1.35 bits per heavy atom. The van der Waals surface area contributed by atoms with Crippen LogP contribution in [0.4, 0.5) is 0 Å². The molecule has 2 heterocycles. The second-order valence-corrected chi connectivity index (χ2v) is 12.7. The maximum absolute atomic E-state index is 12.3. The molecular weight excluding hydrogens is 484 g/mol. The molecule has 1 saturated heterocycles. The molecule has 0 amide bonds. The number of hydrogen-bond donors (Lipinski definition) is 0. The number of ether oxygens (including phenoxy) is 2. The summed E-state index contributed by atoms with van der Waals surface area (Å²) < 4.78 is 36.2. The molecular formula is C30H46N2O4S. The lowest BCUT2D eigenvalue weighted by molar-refractivity contribution is 0.236. The zero-order valence-electron chi connectivity index (χ0n) is 22.9. The first-order valence-electron chi connectivity index (χ1n) is 14.4. The van der Waals surface area contributed by atoms with Gasteiger partial charge in [-0.1, -0.05) is 96.6 Å². The van der Waals surface area contributed by atoms with Gasteiger partial charge in [-0.25, -0.2) is 18.4 Å². The van der Waals surface area contributed by atoms with Crippen LogP contribution in [-0.4, -0.2) is 42.6 Å². The van der Waals surface area contributed by atoms with E-state index in [0.29, 0.717) is 19.2 Å². The summed E-state index contributed by atoms with van der Waals surface area (Å²) in [5.41, 5.74) is 1.92. The van der Waals surface area contributed by atoms with Crippen LogP contribution >= 0.6 is 0 Å². The molecule has 7 heteroatoms. The van der Waals surface area contributed by atoms with Crippen LogP contribution in [0.5, 0.6) is 11.8 Å². The highest BCUT2D eigenvalue weighted by Gasteiger charge is 2.45. The molecule has 0 N–H and O–H groups in total. The van der Waals surface area contributed by atoms with E-state index in [4.69, 9.17) is 9.47 Å². The molecule has 0 spiro atoms. The molecule has 206 valence electrons. The van der Waals surface area contributed by atoms with Crippen molar-refractivity contribution >= 4 is 9.84 Å². The summed E-state index contributed by atoms with van der Waals surface area (Å²) in [5.74, 6) is 1.10. The smallest absolute Gasteiger partial charge is 0.316 e. The van der Waals surface area contributed by atoms with Crippen LogP contribution in [0.1, 0.15) is 97.3 Å². The van der Waals surface area contributed by atoms with E-state index in [1.165, 1.54) is 57.8 Å². The van der Waals surface area contributed by atoms with E-state index >= 15 is 0 Å². The Balaban J connectivity index is 1.38. The molecule has 1 fully saturated rings. The molecule has 0 bridgehead atoms. The van der Waals surface area contributed by atoms with Crippen LogP contribution in [0.25, 0.3) is 11.1 Å². The first-order valence-corrected chi connectivity index (χ1v) is 16.1. The second-order valence-electron chi connectivity index (χ2n) is 10.4. The quantitative estimate of drug-likeness (QED) is 0.176. The van der Waals surface area contributed by atoms with Gasteiger partial charge in [0.05, 0.1) is 24.2 Å². The van der Waals surface area contributed by atoms with Crippen LogP contribution in [0, 0.1) is 5.92 Å². The van der Waals surface area contributed by atoms with Crippen LogP contribution in [0.2, 0.25) is 0 Å². The molecule has 1 aromatic heterocycles. The topological polar surface area (TPSA) is 78.4 Å². The highest BCUT2D eigenvalue weighted by molar-refractivity contribution is 7.93. The van der Waals surface area contributed by atoms with E-state index in [1.54, 1.807) is 12.4 Å². The molecule has 3 rings (SSSR count). The van der Waals surface area contributed by atoms with Crippen molar-refractivity contribution in [3.63, 3.8) is 0 Å². The van der Waals surface area contributed by atoms with Crippen molar-refractivity contribution in [1.29, 1.82) is 0 Å². The van der Waals surface area contributed by atoms with Gasteiger partial charge in [0.15, 0.2) is 9.84 Å². The van der Waals surface area contributed by atoms with Crippen LogP contribution in [0.15, 0.2) is 36.7 Å². The van der Waals surface area contributed by atoms with E-state index in [1.807, 2.05) is 24.3 Å². The number of sulfone groups is 1. The Morgan fingerprint density at radius 3 is 1.97 bits per heavy atom. The maximum atomic E-state index is 12.3. The standard InChI is InChI=1S/C30H46N2O4S/c1-3-5-7-9-11-13-15-29-27(24-37(29,33)34)23-36-28-18-16-25(17-19-28)26-21-31-30(32-22-26)35-20-14-12-10-8-6-4-2/h16-19,21-22,27,29H,3-15,20,23-24H2,1-2H3/t27-,29-/m1/s1. The molecule has 1 aliphatic rings. The minimum absolute atomic E-state index is 0.0950. The summed E-state index contributed by atoms with van der Waals surface area (Å²) in [5, 5.41) is -0.239. The third-order valence-corrected chi connectivity index (χ3v) is 9.72. The first kappa shape index (κ1) is 29.4. The molecule has 0 aliphatic carbocycles. The summed E-state index contributed by atoms with van der Waals surface area (Å²) in [7, 11) is -2.94. The lowest BCUT2D eigenvalue weighted by atomic mass is 10.0. The number of aromatic nitrogens is 2. The van der Waals surface area contributed by atoms with Gasteiger partial charge in [-0.15, -0.1) is 0 Å². The van der Waals surface area contributed by atoms with E-state index in [0.717, 1.165) is 42.6 Å². The van der Waals surface area contributed by atoms with Crippen LogP contribution in [-0.2, 0) is 9.84 Å². The summed E-state index contributed by atoms with van der Waals surface area (Å²) in [4.78, 5) is 8.70. The third-order valence-electron chi connectivity index (χ3n) is 7.28. The van der Waals surface area contributed by atoms with Gasteiger partial charge < -0.3 is 9.47 Å². The fourth-order valence-corrected chi connectivity index (χ4v) is 7.03. The van der Waals surface area contributed by atoms with E-state index < -0.39 is 9.84 Å². The fourth-order valence-electron chi connectivity index (χ4n) is 4.93. The van der Waals surface area contributed by atoms with Gasteiger partial charge in [0.2, 0.25) is 0 Å². The monoisotopic (exact) mass is 530 g/mol. The van der Waals surface area contributed by atoms with Gasteiger partial charge in [-0.05, 0) is 30.5 Å². The summed E-state index contributed by atoms with van der Waals surface area (Å²) >= 11 is 0. The van der Waals surface area contributed by atoms with Crippen molar-refractivity contribution in [2.45, 2.75) is 103 Å². The van der Waals surface area contributed by atoms with Crippen molar-refractivity contribution in [2.75, 3.05) is 19.0 Å². The molecule has 0 saturated carbocycles. The maximum Gasteiger partial charge on any atom is 0.316 e. The normalized spacial score (nSPS) is 18.3. The zero-order valence-corrected chi connectivity index (χ0v) is 23.7. The van der Waals surface area contributed by atoms with E-state index in [-0.39, 0.29) is 16.9 Å². The first-order chi connectivity index (χ1) is 18.0. The fraction of sp³-hybridized carbons (Fsp3) is 0.667. The molecule has 0 radical (unpaired) electrons. The molecule has 37 heavy (non-hydrogen) atoms. The number of nitrogens with zero attached hydrogens (tertiary/aromatic N) is 2. The van der Waals surface area contributed by atoms with Crippen molar-refractivity contribution in [3.8, 4) is 22.9 Å². The number of rotatable bonds is 19. The molecule has 6 nitrogen and oxygen atoms in total. The zero-order chi connectivity index (χ0) is 26.3.